The smallest absolute Gasteiger partial charge is 0.118 e. The lowest BCUT2D eigenvalue weighted by atomic mass is 10.1. The van der Waals surface area contributed by atoms with E-state index in [2.05, 4.69) is 21.8 Å². The quantitative estimate of drug-likeness (QED) is 0.813. The van der Waals surface area contributed by atoms with Crippen molar-refractivity contribution in [3.05, 3.63) is 54.4 Å². The second-order valence-electron chi connectivity index (χ2n) is 3.83. The van der Waals surface area contributed by atoms with Crippen molar-refractivity contribution in [2.75, 3.05) is 0 Å². The minimum atomic E-state index is 0.810. The van der Waals surface area contributed by atoms with Gasteiger partial charge < -0.3 is 0 Å². The highest BCUT2D eigenvalue weighted by Gasteiger charge is 2.08. The fourth-order valence-electron chi connectivity index (χ4n) is 1.58. The number of hydrogen-bond donors (Lipinski definition) is 1. The molecule has 1 N–H and O–H groups in total. The van der Waals surface area contributed by atoms with Gasteiger partial charge in [0.2, 0.25) is 0 Å². The highest BCUT2D eigenvalue weighted by Crippen LogP contribution is 2.20. The highest BCUT2D eigenvalue weighted by molar-refractivity contribution is 5.89. The number of H-pyrrole nitrogens is 1. The third kappa shape index (κ3) is 2.33. The summed E-state index contributed by atoms with van der Waals surface area (Å²) in [6.07, 6.45) is 7.80. The van der Waals surface area contributed by atoms with E-state index in [4.69, 9.17) is 0 Å². The molecule has 86 valence electrons. The first kappa shape index (κ1) is 11.3. The molecule has 3 heteroatoms. The molecule has 0 spiro atoms. The van der Waals surface area contributed by atoms with E-state index in [1.807, 2.05) is 50.3 Å². The van der Waals surface area contributed by atoms with Crippen molar-refractivity contribution in [1.82, 2.24) is 15.2 Å². The van der Waals surface area contributed by atoms with Crippen LogP contribution in [0.25, 0.3) is 16.6 Å². The number of rotatable bonds is 3. The highest BCUT2D eigenvalue weighted by atomic mass is 15.1. The van der Waals surface area contributed by atoms with E-state index in [0.717, 1.165) is 28.0 Å². The Bertz CT molecular complexity index is 603. The van der Waals surface area contributed by atoms with Crippen LogP contribution in [0.3, 0.4) is 0 Å². The first-order chi connectivity index (χ1) is 8.22. The van der Waals surface area contributed by atoms with Crippen molar-refractivity contribution in [3.63, 3.8) is 0 Å². The van der Waals surface area contributed by atoms with E-state index in [0.29, 0.717) is 0 Å². The Labute approximate surface area is 101 Å². The number of aromatic nitrogens is 3. The zero-order valence-corrected chi connectivity index (χ0v) is 10.1. The van der Waals surface area contributed by atoms with Gasteiger partial charge in [-0.1, -0.05) is 30.9 Å². The maximum atomic E-state index is 4.48. The van der Waals surface area contributed by atoms with Crippen molar-refractivity contribution < 1.29 is 0 Å². The molecule has 2 aromatic rings. The largest absolute Gasteiger partial charge is 0.276 e. The van der Waals surface area contributed by atoms with E-state index in [1.54, 1.807) is 0 Å². The third-order valence-corrected chi connectivity index (χ3v) is 2.45. The summed E-state index contributed by atoms with van der Waals surface area (Å²) in [5.74, 6) is 0. The Hall–Kier alpha value is -2.16. The molecule has 0 bridgehead atoms. The summed E-state index contributed by atoms with van der Waals surface area (Å²) in [6, 6.07) is 3.94. The molecule has 0 aliphatic heterocycles. The second kappa shape index (κ2) is 4.78. The van der Waals surface area contributed by atoms with Crippen LogP contribution in [-0.4, -0.2) is 15.2 Å². The Morgan fingerprint density at radius 2 is 2.18 bits per heavy atom. The van der Waals surface area contributed by atoms with Gasteiger partial charge in [-0.25, -0.2) is 4.98 Å². The number of allylic oxidation sites excluding steroid dienone is 5. The van der Waals surface area contributed by atoms with Gasteiger partial charge in [0.05, 0.1) is 5.52 Å². The maximum Gasteiger partial charge on any atom is 0.118 e. The van der Waals surface area contributed by atoms with Gasteiger partial charge in [0, 0.05) is 5.69 Å². The van der Waals surface area contributed by atoms with E-state index < -0.39 is 0 Å². The number of hydrogen-bond acceptors (Lipinski definition) is 2. The molecule has 0 amide bonds. The van der Waals surface area contributed by atoms with Gasteiger partial charge in [-0.3, -0.25) is 5.10 Å². The zero-order valence-electron chi connectivity index (χ0n) is 10.1. The predicted octanol–water partition coefficient (Wildman–Crippen LogP) is 3.41. The first-order valence-electron chi connectivity index (χ1n) is 5.52. The van der Waals surface area contributed by atoms with Gasteiger partial charge in [0.25, 0.3) is 0 Å². The Balaban J connectivity index is 2.42. The lowest BCUT2D eigenvalue weighted by molar-refractivity contribution is 1.10. The molecule has 0 unspecified atom stereocenters. The molecule has 0 atom stereocenters. The van der Waals surface area contributed by atoms with Crippen molar-refractivity contribution in [1.29, 1.82) is 0 Å². The van der Waals surface area contributed by atoms with Crippen LogP contribution in [0.5, 0.6) is 0 Å². The fourth-order valence-corrected chi connectivity index (χ4v) is 1.58. The number of aryl methyl sites for hydroxylation is 1. The Kier molecular flexibility index (Phi) is 3.19. The number of pyridine rings is 1. The molecule has 2 heterocycles. The average molecular weight is 225 g/mol. The molecule has 0 aromatic carbocycles. The maximum absolute atomic E-state index is 4.48. The van der Waals surface area contributed by atoms with Crippen molar-refractivity contribution >= 4 is 16.6 Å². The molecule has 0 saturated carbocycles. The molecule has 2 rings (SSSR count). The van der Waals surface area contributed by atoms with Crippen molar-refractivity contribution in [3.8, 4) is 0 Å². The van der Waals surface area contributed by atoms with Crippen LogP contribution in [-0.2, 0) is 0 Å². The van der Waals surface area contributed by atoms with E-state index >= 15 is 0 Å². The number of aromatic amines is 1. The summed E-state index contributed by atoms with van der Waals surface area (Å²) in [5, 5.41) is 7.21. The summed E-state index contributed by atoms with van der Waals surface area (Å²) in [6.45, 7) is 7.95. The van der Waals surface area contributed by atoms with Crippen LogP contribution in [0.15, 0.2) is 43.0 Å². The predicted molar refractivity (Wildman–Crippen MR) is 71.6 cm³/mol. The summed E-state index contributed by atoms with van der Waals surface area (Å²) in [4.78, 5) is 4.48. The average Bonchev–Trinajstić information content (AvgIpc) is 2.72. The minimum Gasteiger partial charge on any atom is -0.276 e. The molecule has 0 aliphatic rings. The van der Waals surface area contributed by atoms with Crippen LogP contribution >= 0.6 is 0 Å². The van der Waals surface area contributed by atoms with Crippen LogP contribution < -0.4 is 0 Å². The zero-order chi connectivity index (χ0) is 12.3. The van der Waals surface area contributed by atoms with E-state index in [9.17, 15) is 0 Å². The topological polar surface area (TPSA) is 41.6 Å². The number of nitrogens with one attached hydrogen (secondary N) is 1. The molecule has 0 aliphatic carbocycles. The molecular weight excluding hydrogens is 210 g/mol. The van der Waals surface area contributed by atoms with Crippen LogP contribution in [0.2, 0.25) is 0 Å². The fraction of sp³-hybridized carbons (Fsp3) is 0.143. The standard InChI is InChI=1S/C14H15N3/c1-4-5-6-7-10(2)13-14-12(16-17-13)9-8-11(3)15-14/h4-9H,2H2,1,3H3,(H,16,17)/b5-4-,7-6-. The Morgan fingerprint density at radius 1 is 1.35 bits per heavy atom. The minimum absolute atomic E-state index is 0.810. The second-order valence-corrected chi connectivity index (χ2v) is 3.83. The normalized spacial score (nSPS) is 11.9. The lowest BCUT2D eigenvalue weighted by Crippen LogP contribution is -1.85. The summed E-state index contributed by atoms with van der Waals surface area (Å²) >= 11 is 0. The monoisotopic (exact) mass is 225 g/mol. The summed E-state index contributed by atoms with van der Waals surface area (Å²) in [7, 11) is 0. The van der Waals surface area contributed by atoms with Crippen LogP contribution in [0.1, 0.15) is 18.3 Å². The molecule has 0 radical (unpaired) electrons. The van der Waals surface area contributed by atoms with Gasteiger partial charge >= 0.3 is 0 Å². The number of fused-ring (bicyclic) bond motifs is 1. The van der Waals surface area contributed by atoms with Gasteiger partial charge in [0.1, 0.15) is 11.2 Å². The van der Waals surface area contributed by atoms with Crippen LogP contribution in [0, 0.1) is 6.92 Å². The summed E-state index contributed by atoms with van der Waals surface area (Å²) < 4.78 is 0. The van der Waals surface area contributed by atoms with E-state index in [1.165, 1.54) is 0 Å². The molecule has 0 saturated heterocycles. The van der Waals surface area contributed by atoms with Gasteiger partial charge in [-0.2, -0.15) is 5.10 Å². The molecule has 2 aromatic heterocycles. The summed E-state index contributed by atoms with van der Waals surface area (Å²) in [5.41, 5.74) is 4.45. The SMILES string of the molecule is C=C(/C=C\C=C/C)c1n[nH]c2ccc(C)nc12. The molecular formula is C14H15N3. The molecule has 0 fully saturated rings. The van der Waals surface area contributed by atoms with Crippen molar-refractivity contribution in [2.45, 2.75) is 13.8 Å². The molecule has 17 heavy (non-hydrogen) atoms. The van der Waals surface area contributed by atoms with Gasteiger partial charge in [-0.05, 0) is 31.6 Å². The first-order valence-corrected chi connectivity index (χ1v) is 5.52. The number of nitrogens with zero attached hydrogens (tertiary/aromatic N) is 2. The Morgan fingerprint density at radius 3 is 2.94 bits per heavy atom. The van der Waals surface area contributed by atoms with Gasteiger partial charge in [0.15, 0.2) is 0 Å². The van der Waals surface area contributed by atoms with Crippen LogP contribution in [0.4, 0.5) is 0 Å². The third-order valence-electron chi connectivity index (χ3n) is 2.45. The van der Waals surface area contributed by atoms with Gasteiger partial charge in [-0.15, -0.1) is 0 Å². The lowest BCUT2D eigenvalue weighted by Gasteiger charge is -1.96. The van der Waals surface area contributed by atoms with E-state index in [-0.39, 0.29) is 0 Å². The van der Waals surface area contributed by atoms with Crippen molar-refractivity contribution in [2.24, 2.45) is 0 Å². The molecule has 3 nitrogen and oxygen atoms in total.